The Morgan fingerprint density at radius 2 is 2.16 bits per heavy atom. The zero-order valence-electron chi connectivity index (χ0n) is 18.6. The number of nitrogens with one attached hydrogen (secondary N) is 1. The number of pyridine rings is 1. The minimum absolute atomic E-state index is 0.0560. The maximum absolute atomic E-state index is 13.1. The van der Waals surface area contributed by atoms with Gasteiger partial charge in [-0.25, -0.2) is 4.98 Å². The first-order valence-corrected chi connectivity index (χ1v) is 11.5. The van der Waals surface area contributed by atoms with Crippen LogP contribution in [0.3, 0.4) is 0 Å². The average molecular weight is 439 g/mol. The minimum atomic E-state index is -0.375. The number of halogens is 1. The number of carbonyl (C=O) groups is 2. The average Bonchev–Trinajstić information content (AvgIpc) is 2.86. The molecular weight excluding hydrogens is 407 g/mol. The number of hydrogen-bond acceptors (Lipinski definition) is 5. The van der Waals surface area contributed by atoms with E-state index in [2.05, 4.69) is 15.2 Å². The fourth-order valence-corrected chi connectivity index (χ4v) is 4.68. The van der Waals surface area contributed by atoms with E-state index in [0.29, 0.717) is 30.8 Å². The SMILES string of the molecule is CCNCc1cc(N2CCCc3cc(C(=O)N4CCC[C@@H](CF)C4)cnc32)ccc1C=O. The number of benzene rings is 1. The van der Waals surface area contributed by atoms with Crippen molar-refractivity contribution in [3.63, 3.8) is 0 Å². The molecule has 2 aliphatic rings. The quantitative estimate of drug-likeness (QED) is 0.664. The molecule has 0 aliphatic carbocycles. The lowest BCUT2D eigenvalue weighted by atomic mass is 9.98. The Bertz CT molecular complexity index is 980. The fourth-order valence-electron chi connectivity index (χ4n) is 4.68. The zero-order chi connectivity index (χ0) is 22.5. The molecule has 1 atom stereocenters. The van der Waals surface area contributed by atoms with Crippen LogP contribution in [0.15, 0.2) is 30.5 Å². The van der Waals surface area contributed by atoms with Gasteiger partial charge in [-0.05, 0) is 67.6 Å². The molecule has 170 valence electrons. The number of aromatic nitrogens is 1. The van der Waals surface area contributed by atoms with Gasteiger partial charge in [-0.1, -0.05) is 6.92 Å². The Morgan fingerprint density at radius 3 is 2.94 bits per heavy atom. The highest BCUT2D eigenvalue weighted by Gasteiger charge is 2.27. The van der Waals surface area contributed by atoms with Crippen LogP contribution in [0.2, 0.25) is 0 Å². The number of hydrogen-bond donors (Lipinski definition) is 1. The Kier molecular flexibility index (Phi) is 7.15. The van der Waals surface area contributed by atoms with Crippen LogP contribution in [0.4, 0.5) is 15.9 Å². The van der Waals surface area contributed by atoms with E-state index in [1.54, 1.807) is 11.1 Å². The fraction of sp³-hybridized carbons (Fsp3) is 0.480. The van der Waals surface area contributed by atoms with E-state index in [4.69, 9.17) is 0 Å². The Hall–Kier alpha value is -2.80. The summed E-state index contributed by atoms with van der Waals surface area (Å²) in [5.74, 6) is 0.750. The van der Waals surface area contributed by atoms with Crippen molar-refractivity contribution in [2.24, 2.45) is 5.92 Å². The summed E-state index contributed by atoms with van der Waals surface area (Å²) in [4.78, 5) is 33.1. The van der Waals surface area contributed by atoms with Gasteiger partial charge in [0, 0.05) is 49.5 Å². The third-order valence-electron chi connectivity index (χ3n) is 6.43. The number of likely N-dealkylation sites (tertiary alicyclic amines) is 1. The molecule has 1 N–H and O–H groups in total. The third-order valence-corrected chi connectivity index (χ3v) is 6.43. The Labute approximate surface area is 188 Å². The molecule has 1 aromatic carbocycles. The molecule has 1 aromatic heterocycles. The van der Waals surface area contributed by atoms with E-state index in [1.807, 2.05) is 31.2 Å². The summed E-state index contributed by atoms with van der Waals surface area (Å²) in [5, 5.41) is 3.29. The number of fused-ring (bicyclic) bond motifs is 1. The molecule has 2 aromatic rings. The highest BCUT2D eigenvalue weighted by Crippen LogP contribution is 2.33. The molecule has 1 fully saturated rings. The summed E-state index contributed by atoms with van der Waals surface area (Å²) in [6.45, 7) is 5.12. The van der Waals surface area contributed by atoms with Crippen LogP contribution >= 0.6 is 0 Å². The number of anilines is 2. The second-order valence-corrected chi connectivity index (χ2v) is 8.66. The molecular formula is C25H31FN4O2. The second kappa shape index (κ2) is 10.2. The van der Waals surface area contributed by atoms with Gasteiger partial charge < -0.3 is 15.1 Å². The molecule has 0 saturated carbocycles. The molecule has 6 nitrogen and oxygen atoms in total. The number of amides is 1. The standard InChI is InChI=1S/C25H31FN4O2/c1-2-27-14-21-12-23(8-7-20(21)17-31)30-10-4-6-19-11-22(15-28-24(19)30)25(32)29-9-3-5-18(13-26)16-29/h7-8,11-12,15,17-18,27H,2-6,9-10,13-14,16H2,1H3/t18-/m0/s1. The Morgan fingerprint density at radius 1 is 1.28 bits per heavy atom. The first-order chi connectivity index (χ1) is 15.6. The highest BCUT2D eigenvalue weighted by atomic mass is 19.1. The maximum atomic E-state index is 13.1. The molecule has 0 unspecified atom stereocenters. The lowest BCUT2D eigenvalue weighted by molar-refractivity contribution is 0.0656. The highest BCUT2D eigenvalue weighted by molar-refractivity contribution is 5.94. The van der Waals surface area contributed by atoms with Crippen molar-refractivity contribution in [3.05, 3.63) is 52.7 Å². The van der Waals surface area contributed by atoms with Gasteiger partial charge in [-0.15, -0.1) is 0 Å². The molecule has 0 radical (unpaired) electrons. The lowest BCUT2D eigenvalue weighted by Gasteiger charge is -2.33. The van der Waals surface area contributed by atoms with Gasteiger partial charge >= 0.3 is 0 Å². The number of alkyl halides is 1. The predicted molar refractivity (Wildman–Crippen MR) is 123 cm³/mol. The summed E-state index contributed by atoms with van der Waals surface area (Å²) < 4.78 is 13.1. The summed E-state index contributed by atoms with van der Waals surface area (Å²) >= 11 is 0. The van der Waals surface area contributed by atoms with E-state index in [9.17, 15) is 14.0 Å². The van der Waals surface area contributed by atoms with Crippen molar-refractivity contribution in [1.82, 2.24) is 15.2 Å². The first-order valence-electron chi connectivity index (χ1n) is 11.5. The number of piperidine rings is 1. The largest absolute Gasteiger partial charge is 0.338 e. The van der Waals surface area contributed by atoms with Crippen molar-refractivity contribution < 1.29 is 14.0 Å². The molecule has 1 saturated heterocycles. The van der Waals surface area contributed by atoms with Gasteiger partial charge in [-0.3, -0.25) is 14.0 Å². The van der Waals surface area contributed by atoms with E-state index in [0.717, 1.165) is 67.7 Å². The van der Waals surface area contributed by atoms with Gasteiger partial charge in [0.2, 0.25) is 0 Å². The second-order valence-electron chi connectivity index (χ2n) is 8.66. The normalized spacial score (nSPS) is 18.4. The molecule has 0 spiro atoms. The van der Waals surface area contributed by atoms with Gasteiger partial charge in [0.05, 0.1) is 12.2 Å². The molecule has 3 heterocycles. The zero-order valence-corrected chi connectivity index (χ0v) is 18.6. The van der Waals surface area contributed by atoms with Crippen LogP contribution in [-0.2, 0) is 13.0 Å². The lowest BCUT2D eigenvalue weighted by Crippen LogP contribution is -2.40. The molecule has 1 amide bonds. The minimum Gasteiger partial charge on any atom is -0.338 e. The molecule has 4 rings (SSSR count). The van der Waals surface area contributed by atoms with E-state index in [1.165, 1.54) is 0 Å². The topological polar surface area (TPSA) is 65.5 Å². The summed E-state index contributed by atoms with van der Waals surface area (Å²) in [6, 6.07) is 7.82. The number of carbonyl (C=O) groups excluding carboxylic acids is 2. The molecule has 2 aliphatic heterocycles. The summed E-state index contributed by atoms with van der Waals surface area (Å²) in [5.41, 5.74) is 4.28. The van der Waals surface area contributed by atoms with Crippen molar-refractivity contribution in [1.29, 1.82) is 0 Å². The summed E-state index contributed by atoms with van der Waals surface area (Å²) in [7, 11) is 0. The number of aldehydes is 1. The van der Waals surface area contributed by atoms with Crippen LogP contribution in [-0.4, -0.2) is 54.9 Å². The van der Waals surface area contributed by atoms with Crippen LogP contribution in [0.1, 0.15) is 58.0 Å². The number of nitrogens with zero attached hydrogens (tertiary/aromatic N) is 3. The number of rotatable bonds is 7. The molecule has 32 heavy (non-hydrogen) atoms. The van der Waals surface area contributed by atoms with E-state index >= 15 is 0 Å². The first kappa shape index (κ1) is 22.4. The van der Waals surface area contributed by atoms with Gasteiger partial charge in [0.15, 0.2) is 0 Å². The van der Waals surface area contributed by atoms with Crippen molar-refractivity contribution >= 4 is 23.7 Å². The molecule has 0 bridgehead atoms. The Balaban J connectivity index is 1.58. The third kappa shape index (κ3) is 4.67. The van der Waals surface area contributed by atoms with Gasteiger partial charge in [0.25, 0.3) is 5.91 Å². The van der Waals surface area contributed by atoms with Crippen molar-refractivity contribution in [2.75, 3.05) is 37.8 Å². The van der Waals surface area contributed by atoms with Gasteiger partial charge in [0.1, 0.15) is 12.1 Å². The van der Waals surface area contributed by atoms with Gasteiger partial charge in [-0.2, -0.15) is 0 Å². The van der Waals surface area contributed by atoms with Crippen LogP contribution in [0, 0.1) is 5.92 Å². The van der Waals surface area contributed by atoms with E-state index in [-0.39, 0.29) is 18.5 Å². The summed E-state index contributed by atoms with van der Waals surface area (Å²) in [6.07, 6.45) is 6.05. The van der Waals surface area contributed by atoms with E-state index < -0.39 is 0 Å². The van der Waals surface area contributed by atoms with Crippen LogP contribution in [0.25, 0.3) is 0 Å². The van der Waals surface area contributed by atoms with Crippen LogP contribution < -0.4 is 10.2 Å². The monoisotopic (exact) mass is 438 g/mol. The number of aryl methyl sites for hydroxylation is 1. The smallest absolute Gasteiger partial charge is 0.255 e. The molecule has 7 heteroatoms. The predicted octanol–water partition coefficient (Wildman–Crippen LogP) is 3.91. The maximum Gasteiger partial charge on any atom is 0.255 e. The van der Waals surface area contributed by atoms with Crippen molar-refractivity contribution in [3.8, 4) is 0 Å². The van der Waals surface area contributed by atoms with Crippen LogP contribution in [0.5, 0.6) is 0 Å². The van der Waals surface area contributed by atoms with Crippen molar-refractivity contribution in [2.45, 2.75) is 39.2 Å².